The normalized spacial score (nSPS) is 23.5. The molecule has 7 heteroatoms. The van der Waals surface area contributed by atoms with Gasteiger partial charge in [-0.05, 0) is 37.8 Å². The summed E-state index contributed by atoms with van der Waals surface area (Å²) >= 11 is 0. The number of methoxy groups -OCH3 is 1. The van der Waals surface area contributed by atoms with E-state index in [0.717, 1.165) is 51.9 Å². The van der Waals surface area contributed by atoms with E-state index in [0.29, 0.717) is 18.8 Å². The number of amides is 1. The third-order valence-corrected chi connectivity index (χ3v) is 5.50. The molecule has 0 aromatic carbocycles. The van der Waals surface area contributed by atoms with E-state index >= 15 is 0 Å². The molecule has 1 aromatic rings. The summed E-state index contributed by atoms with van der Waals surface area (Å²) < 4.78 is 5.11. The van der Waals surface area contributed by atoms with Crippen LogP contribution in [0, 0.1) is 5.41 Å². The lowest BCUT2D eigenvalue weighted by Gasteiger charge is -2.48. The Morgan fingerprint density at radius 1 is 1.38 bits per heavy atom. The van der Waals surface area contributed by atoms with Crippen LogP contribution in [0.2, 0.25) is 0 Å². The quantitative estimate of drug-likeness (QED) is 0.781. The number of rotatable bonds is 6. The molecule has 2 aliphatic heterocycles. The van der Waals surface area contributed by atoms with E-state index in [1.165, 1.54) is 0 Å². The van der Waals surface area contributed by atoms with Gasteiger partial charge in [0, 0.05) is 57.9 Å². The fraction of sp³-hybridized carbons (Fsp3) is 0.632. The van der Waals surface area contributed by atoms with Crippen LogP contribution in [0.5, 0.6) is 0 Å². The molecule has 1 atom stereocenters. The molecule has 0 saturated carbocycles. The van der Waals surface area contributed by atoms with Gasteiger partial charge in [0.25, 0.3) is 0 Å². The zero-order valence-electron chi connectivity index (χ0n) is 15.3. The van der Waals surface area contributed by atoms with Gasteiger partial charge in [0.15, 0.2) is 0 Å². The first-order valence-corrected chi connectivity index (χ1v) is 9.25. The largest absolute Gasteiger partial charge is 0.478 e. The molecule has 2 fully saturated rings. The van der Waals surface area contributed by atoms with Gasteiger partial charge in [-0.2, -0.15) is 0 Å². The number of carboxylic acid groups (broad SMARTS) is 1. The predicted octanol–water partition coefficient (Wildman–Crippen LogP) is 2.03. The van der Waals surface area contributed by atoms with E-state index in [4.69, 9.17) is 4.74 Å². The maximum atomic E-state index is 12.3. The number of hydrogen-bond acceptors (Lipinski definition) is 5. The SMILES string of the molecule is COCCCN1CC2(CCCN(c3ncccc3C(=O)O)C2)CCC1=O. The van der Waals surface area contributed by atoms with Crippen LogP contribution in [0.25, 0.3) is 0 Å². The van der Waals surface area contributed by atoms with Gasteiger partial charge in [0.1, 0.15) is 11.4 Å². The number of carboxylic acids is 1. The smallest absolute Gasteiger partial charge is 0.339 e. The number of aromatic nitrogens is 1. The number of pyridine rings is 1. The highest BCUT2D eigenvalue weighted by Crippen LogP contribution is 2.40. The lowest BCUT2D eigenvalue weighted by molar-refractivity contribution is -0.138. The highest BCUT2D eigenvalue weighted by molar-refractivity contribution is 5.93. The van der Waals surface area contributed by atoms with Crippen LogP contribution in [0.1, 0.15) is 42.5 Å². The number of nitrogens with zero attached hydrogens (tertiary/aromatic N) is 3. The van der Waals surface area contributed by atoms with Crippen LogP contribution in [0.15, 0.2) is 18.3 Å². The third-order valence-electron chi connectivity index (χ3n) is 5.50. The number of carbonyl (C=O) groups excluding carboxylic acids is 1. The molecule has 142 valence electrons. The standard InChI is InChI=1S/C19H27N3O4/c1-26-12-4-11-21-13-19(8-6-16(21)23)7-3-10-22(14-19)17-15(18(24)25)5-2-9-20-17/h2,5,9H,3-4,6-8,10-14H2,1H3,(H,24,25). The molecule has 0 aliphatic carbocycles. The number of anilines is 1. The molecule has 0 bridgehead atoms. The Balaban J connectivity index is 1.75. The Bertz CT molecular complexity index is 666. The second-order valence-corrected chi connectivity index (χ2v) is 7.37. The summed E-state index contributed by atoms with van der Waals surface area (Å²) in [6.07, 6.45) is 5.95. The average molecular weight is 361 g/mol. The van der Waals surface area contributed by atoms with Crippen molar-refractivity contribution in [1.29, 1.82) is 0 Å². The summed E-state index contributed by atoms with van der Waals surface area (Å²) in [7, 11) is 1.67. The number of piperidine rings is 2. The zero-order valence-corrected chi connectivity index (χ0v) is 15.3. The molecule has 0 radical (unpaired) electrons. The van der Waals surface area contributed by atoms with Crippen molar-refractivity contribution >= 4 is 17.7 Å². The van der Waals surface area contributed by atoms with Crippen LogP contribution < -0.4 is 4.90 Å². The first-order chi connectivity index (χ1) is 12.5. The molecule has 1 N–H and O–H groups in total. The van der Waals surface area contributed by atoms with E-state index in [1.54, 1.807) is 25.4 Å². The summed E-state index contributed by atoms with van der Waals surface area (Å²) in [5.41, 5.74) is 0.264. The monoisotopic (exact) mass is 361 g/mol. The number of hydrogen-bond donors (Lipinski definition) is 1. The van der Waals surface area contributed by atoms with Crippen molar-refractivity contribution in [2.45, 2.75) is 32.1 Å². The van der Waals surface area contributed by atoms with Gasteiger partial charge in [-0.15, -0.1) is 0 Å². The molecule has 2 aliphatic rings. The van der Waals surface area contributed by atoms with Gasteiger partial charge in [-0.1, -0.05) is 0 Å². The fourth-order valence-corrected chi connectivity index (χ4v) is 4.24. The van der Waals surface area contributed by atoms with E-state index < -0.39 is 5.97 Å². The summed E-state index contributed by atoms with van der Waals surface area (Å²) in [5, 5.41) is 9.46. The fourth-order valence-electron chi connectivity index (χ4n) is 4.24. The van der Waals surface area contributed by atoms with Crippen molar-refractivity contribution in [3.05, 3.63) is 23.9 Å². The van der Waals surface area contributed by atoms with Gasteiger partial charge in [0.05, 0.1) is 0 Å². The third kappa shape index (κ3) is 3.98. The molecular formula is C19H27N3O4. The molecule has 1 unspecified atom stereocenters. The molecule has 7 nitrogen and oxygen atoms in total. The average Bonchev–Trinajstić information content (AvgIpc) is 2.65. The van der Waals surface area contributed by atoms with E-state index in [1.807, 2.05) is 4.90 Å². The summed E-state index contributed by atoms with van der Waals surface area (Å²) in [5.74, 6) is -0.192. The van der Waals surface area contributed by atoms with E-state index in [9.17, 15) is 14.7 Å². The Morgan fingerprint density at radius 2 is 2.23 bits per heavy atom. The highest BCUT2D eigenvalue weighted by Gasteiger charge is 2.42. The topological polar surface area (TPSA) is 83.0 Å². The van der Waals surface area contributed by atoms with Gasteiger partial charge < -0.3 is 19.6 Å². The lowest BCUT2D eigenvalue weighted by atomic mass is 9.73. The molecule has 3 heterocycles. The molecule has 1 amide bonds. The van der Waals surface area contributed by atoms with Crippen molar-refractivity contribution in [3.8, 4) is 0 Å². The van der Waals surface area contributed by atoms with Crippen LogP contribution in [-0.2, 0) is 9.53 Å². The number of ether oxygens (including phenoxy) is 1. The van der Waals surface area contributed by atoms with Gasteiger partial charge in [-0.25, -0.2) is 9.78 Å². The molecule has 3 rings (SSSR count). The van der Waals surface area contributed by atoms with Crippen molar-refractivity contribution in [2.24, 2.45) is 5.41 Å². The lowest BCUT2D eigenvalue weighted by Crippen LogP contribution is -2.54. The Morgan fingerprint density at radius 3 is 3.00 bits per heavy atom. The molecule has 26 heavy (non-hydrogen) atoms. The van der Waals surface area contributed by atoms with Crippen LogP contribution >= 0.6 is 0 Å². The Labute approximate surface area is 153 Å². The summed E-state index contributed by atoms with van der Waals surface area (Å²) in [4.78, 5) is 32.2. The minimum absolute atomic E-state index is 0.0204. The minimum atomic E-state index is -0.951. The Kier molecular flexibility index (Phi) is 5.76. The van der Waals surface area contributed by atoms with Gasteiger partial charge >= 0.3 is 5.97 Å². The second kappa shape index (κ2) is 8.03. The highest BCUT2D eigenvalue weighted by atomic mass is 16.5. The van der Waals surface area contributed by atoms with Crippen molar-refractivity contribution in [2.75, 3.05) is 44.8 Å². The van der Waals surface area contributed by atoms with E-state index in [-0.39, 0.29) is 16.9 Å². The number of likely N-dealkylation sites (tertiary alicyclic amines) is 1. The minimum Gasteiger partial charge on any atom is -0.478 e. The van der Waals surface area contributed by atoms with Crippen molar-refractivity contribution in [3.63, 3.8) is 0 Å². The van der Waals surface area contributed by atoms with Crippen molar-refractivity contribution < 1.29 is 19.4 Å². The molecule has 2 saturated heterocycles. The summed E-state index contributed by atoms with van der Waals surface area (Å²) in [6.45, 7) is 3.66. The zero-order chi connectivity index (χ0) is 18.6. The summed E-state index contributed by atoms with van der Waals surface area (Å²) in [6, 6.07) is 3.26. The molecule has 1 aromatic heterocycles. The van der Waals surface area contributed by atoms with Crippen molar-refractivity contribution in [1.82, 2.24) is 9.88 Å². The number of carbonyl (C=O) groups is 2. The first kappa shape index (κ1) is 18.6. The van der Waals surface area contributed by atoms with E-state index in [2.05, 4.69) is 9.88 Å². The number of aromatic carboxylic acids is 1. The predicted molar refractivity (Wildman–Crippen MR) is 97.4 cm³/mol. The molecule has 1 spiro atoms. The maximum absolute atomic E-state index is 12.3. The van der Waals surface area contributed by atoms with Crippen LogP contribution in [-0.4, -0.2) is 66.8 Å². The maximum Gasteiger partial charge on any atom is 0.339 e. The first-order valence-electron chi connectivity index (χ1n) is 9.25. The second-order valence-electron chi connectivity index (χ2n) is 7.37. The Hall–Kier alpha value is -2.15. The van der Waals surface area contributed by atoms with Gasteiger partial charge in [0.2, 0.25) is 5.91 Å². The van der Waals surface area contributed by atoms with Crippen LogP contribution in [0.3, 0.4) is 0 Å². The molecular weight excluding hydrogens is 334 g/mol. The van der Waals surface area contributed by atoms with Crippen LogP contribution in [0.4, 0.5) is 5.82 Å². The van der Waals surface area contributed by atoms with Gasteiger partial charge in [-0.3, -0.25) is 4.79 Å².